The number of hydrogen-bond donors (Lipinski definition) is 2. The lowest BCUT2D eigenvalue weighted by Crippen LogP contribution is -2.30. The number of halogens is 2. The van der Waals surface area contributed by atoms with Crippen molar-refractivity contribution in [2.24, 2.45) is 5.84 Å². The first-order chi connectivity index (χ1) is 8.60. The SMILES string of the molecule is Cc1csc(CC(NN)c2ncc(Cl)cc2Cl)n1. The molecule has 1 atom stereocenters. The number of aromatic nitrogens is 2. The van der Waals surface area contributed by atoms with Crippen molar-refractivity contribution in [3.63, 3.8) is 0 Å². The van der Waals surface area contributed by atoms with E-state index >= 15 is 0 Å². The van der Waals surface area contributed by atoms with Crippen molar-refractivity contribution in [3.05, 3.63) is 44.1 Å². The minimum atomic E-state index is -0.180. The Morgan fingerprint density at radius 2 is 2.28 bits per heavy atom. The topological polar surface area (TPSA) is 63.8 Å². The van der Waals surface area contributed by atoms with Crippen LogP contribution < -0.4 is 11.3 Å². The molecule has 0 bridgehead atoms. The molecule has 0 saturated heterocycles. The average Bonchev–Trinajstić information content (AvgIpc) is 2.72. The van der Waals surface area contributed by atoms with E-state index in [-0.39, 0.29) is 6.04 Å². The molecule has 2 aromatic rings. The van der Waals surface area contributed by atoms with E-state index in [1.165, 1.54) is 0 Å². The normalized spacial score (nSPS) is 12.7. The molecule has 0 saturated carbocycles. The Kier molecular flexibility index (Phi) is 4.53. The summed E-state index contributed by atoms with van der Waals surface area (Å²) in [6.07, 6.45) is 2.20. The summed E-state index contributed by atoms with van der Waals surface area (Å²) in [6.45, 7) is 1.96. The van der Waals surface area contributed by atoms with Crippen LogP contribution in [0.4, 0.5) is 0 Å². The molecule has 0 amide bonds. The lowest BCUT2D eigenvalue weighted by molar-refractivity contribution is 0.537. The summed E-state index contributed by atoms with van der Waals surface area (Å²) in [4.78, 5) is 8.62. The first-order valence-electron chi connectivity index (χ1n) is 5.28. The molecule has 4 nitrogen and oxygen atoms in total. The van der Waals surface area contributed by atoms with E-state index in [4.69, 9.17) is 29.0 Å². The Bertz CT molecular complexity index is 544. The van der Waals surface area contributed by atoms with Gasteiger partial charge >= 0.3 is 0 Å². The number of nitrogens with one attached hydrogen (secondary N) is 1. The van der Waals surface area contributed by atoms with Crippen molar-refractivity contribution in [2.75, 3.05) is 0 Å². The maximum absolute atomic E-state index is 6.11. The van der Waals surface area contributed by atoms with Crippen LogP contribution in [-0.2, 0) is 6.42 Å². The van der Waals surface area contributed by atoms with Crippen molar-refractivity contribution in [3.8, 4) is 0 Å². The van der Waals surface area contributed by atoms with Crippen LogP contribution in [-0.4, -0.2) is 9.97 Å². The molecular formula is C11H12Cl2N4S. The molecule has 0 aromatic carbocycles. The molecule has 7 heteroatoms. The van der Waals surface area contributed by atoms with Gasteiger partial charge in [-0.15, -0.1) is 11.3 Å². The average molecular weight is 303 g/mol. The number of thiazole rings is 1. The van der Waals surface area contributed by atoms with Crippen LogP contribution in [0.25, 0.3) is 0 Å². The highest BCUT2D eigenvalue weighted by Gasteiger charge is 2.17. The summed E-state index contributed by atoms with van der Waals surface area (Å²) in [6, 6.07) is 1.48. The molecular weight excluding hydrogens is 291 g/mol. The van der Waals surface area contributed by atoms with E-state index in [1.54, 1.807) is 23.6 Å². The van der Waals surface area contributed by atoms with Crippen LogP contribution in [0.3, 0.4) is 0 Å². The molecule has 2 rings (SSSR count). The Labute approximate surface area is 119 Å². The van der Waals surface area contributed by atoms with Crippen molar-refractivity contribution >= 4 is 34.5 Å². The van der Waals surface area contributed by atoms with Gasteiger partial charge in [-0.1, -0.05) is 23.2 Å². The molecule has 0 aliphatic heterocycles. The summed E-state index contributed by atoms with van der Waals surface area (Å²) in [5.74, 6) is 5.56. The highest BCUT2D eigenvalue weighted by atomic mass is 35.5. The van der Waals surface area contributed by atoms with Crippen LogP contribution >= 0.6 is 34.5 Å². The molecule has 0 fully saturated rings. The summed E-state index contributed by atoms with van der Waals surface area (Å²) < 4.78 is 0. The van der Waals surface area contributed by atoms with E-state index in [2.05, 4.69) is 15.4 Å². The van der Waals surface area contributed by atoms with E-state index in [0.29, 0.717) is 22.2 Å². The summed E-state index contributed by atoms with van der Waals surface area (Å²) in [7, 11) is 0. The number of pyridine rings is 1. The van der Waals surface area contributed by atoms with Crippen LogP contribution in [0.2, 0.25) is 10.0 Å². The smallest absolute Gasteiger partial charge is 0.0948 e. The van der Waals surface area contributed by atoms with Gasteiger partial charge in [-0.25, -0.2) is 4.98 Å². The third-order valence-electron chi connectivity index (χ3n) is 2.41. The highest BCUT2D eigenvalue weighted by molar-refractivity contribution is 7.09. The number of hydrogen-bond acceptors (Lipinski definition) is 5. The minimum Gasteiger partial charge on any atom is -0.271 e. The van der Waals surface area contributed by atoms with Crippen molar-refractivity contribution in [1.29, 1.82) is 0 Å². The van der Waals surface area contributed by atoms with Crippen molar-refractivity contribution in [1.82, 2.24) is 15.4 Å². The zero-order chi connectivity index (χ0) is 13.1. The minimum absolute atomic E-state index is 0.180. The molecule has 0 radical (unpaired) electrons. The van der Waals surface area contributed by atoms with Crippen LogP contribution in [0.5, 0.6) is 0 Å². The maximum Gasteiger partial charge on any atom is 0.0948 e. The van der Waals surface area contributed by atoms with E-state index in [0.717, 1.165) is 10.7 Å². The van der Waals surface area contributed by atoms with Crippen molar-refractivity contribution < 1.29 is 0 Å². The van der Waals surface area contributed by atoms with Gasteiger partial charge in [0.25, 0.3) is 0 Å². The van der Waals surface area contributed by atoms with Gasteiger partial charge < -0.3 is 0 Å². The molecule has 3 N–H and O–H groups in total. The van der Waals surface area contributed by atoms with Crippen molar-refractivity contribution in [2.45, 2.75) is 19.4 Å². The largest absolute Gasteiger partial charge is 0.271 e. The van der Waals surface area contributed by atoms with Crippen LogP contribution in [0.15, 0.2) is 17.6 Å². The Morgan fingerprint density at radius 1 is 1.50 bits per heavy atom. The molecule has 2 aromatic heterocycles. The lowest BCUT2D eigenvalue weighted by Gasteiger charge is -2.15. The monoisotopic (exact) mass is 302 g/mol. The quantitative estimate of drug-likeness (QED) is 0.673. The molecule has 96 valence electrons. The highest BCUT2D eigenvalue weighted by Crippen LogP contribution is 2.26. The Morgan fingerprint density at radius 3 is 2.83 bits per heavy atom. The molecule has 1 unspecified atom stereocenters. The number of rotatable bonds is 4. The maximum atomic E-state index is 6.11. The molecule has 18 heavy (non-hydrogen) atoms. The third-order valence-corrected chi connectivity index (χ3v) is 3.91. The zero-order valence-corrected chi connectivity index (χ0v) is 12.0. The van der Waals surface area contributed by atoms with E-state index in [9.17, 15) is 0 Å². The number of nitrogens with two attached hydrogens (primary N) is 1. The molecule has 0 aliphatic carbocycles. The van der Waals surface area contributed by atoms with Gasteiger partial charge in [-0.2, -0.15) is 0 Å². The predicted octanol–water partition coefficient (Wildman–Crippen LogP) is 2.90. The standard InChI is InChI=1S/C11H12Cl2N4S/c1-6-5-18-10(16-6)3-9(17-14)11-8(13)2-7(12)4-15-11/h2,4-5,9,17H,3,14H2,1H3. The number of aryl methyl sites for hydroxylation is 1. The fourth-order valence-electron chi connectivity index (χ4n) is 1.59. The van der Waals surface area contributed by atoms with Crippen LogP contribution in [0, 0.1) is 6.92 Å². The molecule has 0 spiro atoms. The predicted molar refractivity (Wildman–Crippen MR) is 74.9 cm³/mol. The summed E-state index contributed by atoms with van der Waals surface area (Å²) in [5, 5.41) is 3.99. The van der Waals surface area contributed by atoms with E-state index < -0.39 is 0 Å². The fraction of sp³-hybridized carbons (Fsp3) is 0.273. The van der Waals surface area contributed by atoms with E-state index in [1.807, 2.05) is 12.3 Å². The van der Waals surface area contributed by atoms with Gasteiger partial charge in [-0.05, 0) is 13.0 Å². The van der Waals surface area contributed by atoms with Gasteiger partial charge in [0.05, 0.1) is 26.8 Å². The second-order valence-electron chi connectivity index (χ2n) is 3.83. The zero-order valence-electron chi connectivity index (χ0n) is 9.65. The number of nitrogens with zero attached hydrogens (tertiary/aromatic N) is 2. The molecule has 2 heterocycles. The van der Waals surface area contributed by atoms with Gasteiger partial charge in [0.2, 0.25) is 0 Å². The molecule has 0 aliphatic rings. The third kappa shape index (κ3) is 3.18. The first-order valence-corrected chi connectivity index (χ1v) is 6.91. The Balaban J connectivity index is 2.22. The summed E-state index contributed by atoms with van der Waals surface area (Å²) in [5.41, 5.74) is 4.39. The first kappa shape index (κ1) is 13.7. The Hall–Kier alpha value is -0.720. The second kappa shape index (κ2) is 5.95. The van der Waals surface area contributed by atoms with Gasteiger partial charge in [0.15, 0.2) is 0 Å². The van der Waals surface area contributed by atoms with Gasteiger partial charge in [0, 0.05) is 23.7 Å². The number of hydrazine groups is 1. The van der Waals surface area contributed by atoms with Crippen LogP contribution in [0.1, 0.15) is 22.4 Å². The van der Waals surface area contributed by atoms with Gasteiger partial charge in [0.1, 0.15) is 0 Å². The lowest BCUT2D eigenvalue weighted by atomic mass is 10.1. The van der Waals surface area contributed by atoms with Gasteiger partial charge in [-0.3, -0.25) is 16.3 Å². The second-order valence-corrected chi connectivity index (χ2v) is 5.61. The summed E-state index contributed by atoms with van der Waals surface area (Å²) >= 11 is 13.5. The fourth-order valence-corrected chi connectivity index (χ4v) is 2.92.